The molecular weight excluding hydrogens is 382 g/mol. The standard InChI is InChI=1S/C13H17BrClNO4S/c1-8-6-16(7-9(2)20-8)21(17,18)12-5-10(15)4-11(14)13(12)19-3/h4-5,8-9H,6-7H2,1-3H3. The van der Waals surface area contributed by atoms with Gasteiger partial charge in [-0.15, -0.1) is 0 Å². The molecule has 0 N–H and O–H groups in total. The van der Waals surface area contributed by atoms with Gasteiger partial charge in [0.15, 0.2) is 5.75 Å². The van der Waals surface area contributed by atoms with Crippen molar-refractivity contribution in [2.75, 3.05) is 20.2 Å². The van der Waals surface area contributed by atoms with Gasteiger partial charge in [-0.05, 0) is 41.9 Å². The molecule has 1 aliphatic heterocycles. The maximum Gasteiger partial charge on any atom is 0.247 e. The van der Waals surface area contributed by atoms with Crippen molar-refractivity contribution in [3.8, 4) is 5.75 Å². The Morgan fingerprint density at radius 3 is 2.43 bits per heavy atom. The highest BCUT2D eigenvalue weighted by atomic mass is 79.9. The average molecular weight is 399 g/mol. The van der Waals surface area contributed by atoms with Gasteiger partial charge in [-0.3, -0.25) is 0 Å². The highest BCUT2D eigenvalue weighted by Crippen LogP contribution is 2.37. The van der Waals surface area contributed by atoms with Crippen LogP contribution in [0.1, 0.15) is 13.8 Å². The Morgan fingerprint density at radius 2 is 1.90 bits per heavy atom. The second-order valence-corrected chi connectivity index (χ2v) is 8.20. The molecule has 0 bridgehead atoms. The third kappa shape index (κ3) is 3.53. The number of morpholine rings is 1. The number of hydrogen-bond acceptors (Lipinski definition) is 4. The van der Waals surface area contributed by atoms with E-state index in [2.05, 4.69) is 15.9 Å². The van der Waals surface area contributed by atoms with Crippen LogP contribution in [0.4, 0.5) is 0 Å². The van der Waals surface area contributed by atoms with E-state index in [0.29, 0.717) is 22.6 Å². The molecule has 1 aliphatic rings. The summed E-state index contributed by atoms with van der Waals surface area (Å²) in [6.07, 6.45) is -0.311. The van der Waals surface area contributed by atoms with Crippen LogP contribution in [0.3, 0.4) is 0 Å². The van der Waals surface area contributed by atoms with Crippen LogP contribution in [0.5, 0.6) is 5.75 Å². The molecule has 2 unspecified atom stereocenters. The summed E-state index contributed by atoms with van der Waals surface area (Å²) >= 11 is 9.27. The molecule has 0 radical (unpaired) electrons. The maximum absolute atomic E-state index is 12.9. The number of hydrogen-bond donors (Lipinski definition) is 0. The van der Waals surface area contributed by atoms with E-state index < -0.39 is 10.0 Å². The second-order valence-electron chi connectivity index (χ2n) is 5.00. The molecule has 1 saturated heterocycles. The highest BCUT2D eigenvalue weighted by Gasteiger charge is 2.34. The molecule has 118 valence electrons. The fourth-order valence-corrected chi connectivity index (χ4v) is 5.35. The lowest BCUT2D eigenvalue weighted by Gasteiger charge is -2.34. The summed E-state index contributed by atoms with van der Waals surface area (Å²) in [5, 5.41) is 0.329. The summed E-state index contributed by atoms with van der Waals surface area (Å²) in [5.74, 6) is 0.256. The van der Waals surface area contributed by atoms with Gasteiger partial charge >= 0.3 is 0 Å². The zero-order chi connectivity index (χ0) is 15.8. The largest absolute Gasteiger partial charge is 0.494 e. The van der Waals surface area contributed by atoms with Crippen LogP contribution in [-0.2, 0) is 14.8 Å². The van der Waals surface area contributed by atoms with Crippen LogP contribution >= 0.6 is 27.5 Å². The molecule has 1 aromatic rings. The predicted molar refractivity (Wildman–Crippen MR) is 84.5 cm³/mol. The summed E-state index contributed by atoms with van der Waals surface area (Å²) in [4.78, 5) is 0.0608. The Hall–Kier alpha value is -0.340. The van der Waals surface area contributed by atoms with Crippen LogP contribution in [0.2, 0.25) is 5.02 Å². The van der Waals surface area contributed by atoms with Crippen LogP contribution in [0.25, 0.3) is 0 Å². The van der Waals surface area contributed by atoms with E-state index in [1.165, 1.54) is 17.5 Å². The van der Waals surface area contributed by atoms with Gasteiger partial charge in [0.1, 0.15) is 4.90 Å². The normalized spacial score (nSPS) is 24.0. The monoisotopic (exact) mass is 397 g/mol. The van der Waals surface area contributed by atoms with E-state index >= 15 is 0 Å². The number of benzene rings is 1. The van der Waals surface area contributed by atoms with Crippen LogP contribution in [-0.4, -0.2) is 45.1 Å². The molecule has 2 atom stereocenters. The molecule has 1 aromatic carbocycles. The van der Waals surface area contributed by atoms with E-state index in [1.807, 2.05) is 13.8 Å². The van der Waals surface area contributed by atoms with Crippen molar-refractivity contribution in [2.45, 2.75) is 31.0 Å². The first-order chi connectivity index (χ1) is 9.75. The first-order valence-electron chi connectivity index (χ1n) is 6.44. The number of methoxy groups -OCH3 is 1. The lowest BCUT2D eigenvalue weighted by molar-refractivity contribution is -0.0441. The van der Waals surface area contributed by atoms with Gasteiger partial charge in [0.2, 0.25) is 10.0 Å². The number of sulfonamides is 1. The second kappa shape index (κ2) is 6.42. The van der Waals surface area contributed by atoms with E-state index in [9.17, 15) is 8.42 Å². The maximum atomic E-state index is 12.9. The van der Waals surface area contributed by atoms with E-state index in [-0.39, 0.29) is 22.9 Å². The van der Waals surface area contributed by atoms with Gasteiger partial charge in [0.05, 0.1) is 23.8 Å². The molecule has 8 heteroatoms. The van der Waals surface area contributed by atoms with Crippen LogP contribution in [0.15, 0.2) is 21.5 Å². The summed E-state index contributed by atoms with van der Waals surface area (Å²) in [6.45, 7) is 4.31. The molecule has 5 nitrogen and oxygen atoms in total. The smallest absolute Gasteiger partial charge is 0.247 e. The Labute approximate surface area is 138 Å². The van der Waals surface area contributed by atoms with Crippen molar-refractivity contribution in [1.29, 1.82) is 0 Å². The van der Waals surface area contributed by atoms with Crippen molar-refractivity contribution in [2.24, 2.45) is 0 Å². The SMILES string of the molecule is COc1c(Br)cc(Cl)cc1S(=O)(=O)N1CC(C)OC(C)C1. The van der Waals surface area contributed by atoms with Crippen molar-refractivity contribution >= 4 is 37.6 Å². The number of rotatable bonds is 3. The topological polar surface area (TPSA) is 55.8 Å². The first kappa shape index (κ1) is 17.0. The zero-order valence-corrected chi connectivity index (χ0v) is 15.1. The molecule has 0 saturated carbocycles. The van der Waals surface area contributed by atoms with Gasteiger partial charge in [-0.25, -0.2) is 8.42 Å². The third-order valence-electron chi connectivity index (χ3n) is 3.18. The van der Waals surface area contributed by atoms with Crippen LogP contribution < -0.4 is 4.74 Å². The number of nitrogens with zero attached hydrogens (tertiary/aromatic N) is 1. The molecule has 1 fully saturated rings. The lowest BCUT2D eigenvalue weighted by Crippen LogP contribution is -2.48. The van der Waals surface area contributed by atoms with E-state index in [0.717, 1.165) is 0 Å². The van der Waals surface area contributed by atoms with Gasteiger partial charge < -0.3 is 9.47 Å². The lowest BCUT2D eigenvalue weighted by atomic mass is 10.3. The molecule has 2 rings (SSSR count). The molecule has 0 amide bonds. The first-order valence-corrected chi connectivity index (χ1v) is 9.05. The summed E-state index contributed by atoms with van der Waals surface area (Å²) in [5.41, 5.74) is 0. The Bertz CT molecular complexity index is 627. The van der Waals surface area contributed by atoms with Crippen molar-refractivity contribution in [3.63, 3.8) is 0 Å². The van der Waals surface area contributed by atoms with Gasteiger partial charge in [0, 0.05) is 18.1 Å². The number of ether oxygens (including phenoxy) is 2. The minimum absolute atomic E-state index is 0.0608. The van der Waals surface area contributed by atoms with Crippen LogP contribution in [0, 0.1) is 0 Å². The minimum atomic E-state index is -3.70. The Kier molecular flexibility index (Phi) is 5.20. The molecule has 0 spiro atoms. The van der Waals surface area contributed by atoms with E-state index in [4.69, 9.17) is 21.1 Å². The fraction of sp³-hybridized carbons (Fsp3) is 0.538. The Morgan fingerprint density at radius 1 is 1.33 bits per heavy atom. The Balaban J connectivity index is 2.49. The van der Waals surface area contributed by atoms with Crippen molar-refractivity contribution in [1.82, 2.24) is 4.31 Å². The minimum Gasteiger partial charge on any atom is -0.494 e. The molecule has 0 aliphatic carbocycles. The summed E-state index contributed by atoms with van der Waals surface area (Å²) in [7, 11) is -2.27. The van der Waals surface area contributed by atoms with Gasteiger partial charge in [-0.2, -0.15) is 4.31 Å². The summed E-state index contributed by atoms with van der Waals surface area (Å²) in [6, 6.07) is 3.01. The molecule has 21 heavy (non-hydrogen) atoms. The molecular formula is C13H17BrClNO4S. The van der Waals surface area contributed by atoms with Crippen molar-refractivity contribution in [3.05, 3.63) is 21.6 Å². The fourth-order valence-electron chi connectivity index (χ4n) is 2.39. The summed E-state index contributed by atoms with van der Waals surface area (Å²) < 4.78 is 38.5. The highest BCUT2D eigenvalue weighted by molar-refractivity contribution is 9.10. The molecule has 1 heterocycles. The average Bonchev–Trinajstić information content (AvgIpc) is 2.36. The van der Waals surface area contributed by atoms with E-state index in [1.54, 1.807) is 6.07 Å². The van der Waals surface area contributed by atoms with Crippen molar-refractivity contribution < 1.29 is 17.9 Å². The number of halogens is 2. The van der Waals surface area contributed by atoms with Gasteiger partial charge in [0.25, 0.3) is 0 Å². The molecule has 0 aromatic heterocycles. The third-order valence-corrected chi connectivity index (χ3v) is 5.83. The zero-order valence-electron chi connectivity index (χ0n) is 12.0. The van der Waals surface area contributed by atoms with Gasteiger partial charge in [-0.1, -0.05) is 11.6 Å². The predicted octanol–water partition coefficient (Wildman–Crippen LogP) is 2.91. The quantitative estimate of drug-likeness (QED) is 0.785.